The fraction of sp³-hybridized carbons (Fsp3) is 0.571. The van der Waals surface area contributed by atoms with E-state index >= 15 is 0 Å². The standard InChI is InChI=1S/C21H28N4O3/c1-13(2)18-10-22-8-9-24(18)11-14-4-3-5-15-16(14)12-25(21(15)28)17-6-7-19(26)23-20(17)27/h3-5,13,17-18,22H,6-12H2,1-2H3,(H,23,26,27). The molecule has 2 N–H and O–H groups in total. The van der Waals surface area contributed by atoms with Crippen molar-refractivity contribution in [1.82, 2.24) is 20.4 Å². The summed E-state index contributed by atoms with van der Waals surface area (Å²) in [6.45, 7) is 8.67. The number of benzene rings is 1. The number of carbonyl (C=O) groups excluding carboxylic acids is 3. The molecular weight excluding hydrogens is 356 g/mol. The van der Waals surface area contributed by atoms with E-state index in [1.54, 1.807) is 4.90 Å². The zero-order chi connectivity index (χ0) is 19.8. The Morgan fingerprint density at radius 3 is 2.79 bits per heavy atom. The van der Waals surface area contributed by atoms with Crippen LogP contribution in [0.5, 0.6) is 0 Å². The van der Waals surface area contributed by atoms with Crippen LogP contribution in [-0.4, -0.2) is 59.2 Å². The average Bonchev–Trinajstić information content (AvgIpc) is 3.00. The summed E-state index contributed by atoms with van der Waals surface area (Å²) >= 11 is 0. The van der Waals surface area contributed by atoms with E-state index in [0.29, 0.717) is 30.5 Å². The molecule has 0 spiro atoms. The van der Waals surface area contributed by atoms with Gasteiger partial charge in [-0.15, -0.1) is 0 Å². The number of piperazine rings is 1. The molecule has 0 radical (unpaired) electrons. The molecule has 3 heterocycles. The highest BCUT2D eigenvalue weighted by Crippen LogP contribution is 2.31. The molecule has 4 rings (SSSR count). The van der Waals surface area contributed by atoms with Crippen molar-refractivity contribution in [2.75, 3.05) is 19.6 Å². The number of carbonyl (C=O) groups is 3. The second-order valence-corrected chi connectivity index (χ2v) is 8.33. The normalized spacial score (nSPS) is 26.0. The first-order valence-corrected chi connectivity index (χ1v) is 10.2. The van der Waals surface area contributed by atoms with Gasteiger partial charge in [0.1, 0.15) is 6.04 Å². The lowest BCUT2D eigenvalue weighted by atomic mass is 9.97. The monoisotopic (exact) mass is 384 g/mol. The molecule has 28 heavy (non-hydrogen) atoms. The van der Waals surface area contributed by atoms with Gasteiger partial charge in [0.25, 0.3) is 5.91 Å². The molecule has 2 fully saturated rings. The predicted molar refractivity (Wildman–Crippen MR) is 104 cm³/mol. The molecule has 3 aliphatic heterocycles. The molecule has 150 valence electrons. The van der Waals surface area contributed by atoms with E-state index in [1.807, 2.05) is 12.1 Å². The zero-order valence-electron chi connectivity index (χ0n) is 16.5. The Bertz CT molecular complexity index is 807. The number of rotatable bonds is 4. The van der Waals surface area contributed by atoms with Crippen molar-refractivity contribution in [3.05, 3.63) is 34.9 Å². The smallest absolute Gasteiger partial charge is 0.255 e. The largest absolute Gasteiger partial charge is 0.322 e. The summed E-state index contributed by atoms with van der Waals surface area (Å²) in [4.78, 5) is 40.8. The topological polar surface area (TPSA) is 81.8 Å². The second-order valence-electron chi connectivity index (χ2n) is 8.33. The summed E-state index contributed by atoms with van der Waals surface area (Å²) in [7, 11) is 0. The van der Waals surface area contributed by atoms with E-state index in [0.717, 1.165) is 37.3 Å². The van der Waals surface area contributed by atoms with Gasteiger partial charge in [-0.25, -0.2) is 0 Å². The van der Waals surface area contributed by atoms with Gasteiger partial charge >= 0.3 is 0 Å². The van der Waals surface area contributed by atoms with Gasteiger partial charge in [0, 0.05) is 50.7 Å². The summed E-state index contributed by atoms with van der Waals surface area (Å²) in [5.41, 5.74) is 2.88. The molecule has 1 aromatic carbocycles. The van der Waals surface area contributed by atoms with Crippen LogP contribution in [0.25, 0.3) is 0 Å². The van der Waals surface area contributed by atoms with Crippen molar-refractivity contribution < 1.29 is 14.4 Å². The predicted octanol–water partition coefficient (Wildman–Crippen LogP) is 0.877. The molecule has 7 nitrogen and oxygen atoms in total. The third-order valence-corrected chi connectivity index (χ3v) is 6.22. The first-order chi connectivity index (χ1) is 13.5. The maximum Gasteiger partial charge on any atom is 0.255 e. The Balaban J connectivity index is 1.56. The van der Waals surface area contributed by atoms with Crippen molar-refractivity contribution in [2.45, 2.75) is 51.9 Å². The molecule has 2 saturated heterocycles. The molecule has 1 aromatic rings. The van der Waals surface area contributed by atoms with Crippen LogP contribution in [0.15, 0.2) is 18.2 Å². The van der Waals surface area contributed by atoms with Crippen molar-refractivity contribution >= 4 is 17.7 Å². The van der Waals surface area contributed by atoms with E-state index < -0.39 is 6.04 Å². The molecule has 0 bridgehead atoms. The van der Waals surface area contributed by atoms with Crippen LogP contribution in [0, 0.1) is 5.92 Å². The van der Waals surface area contributed by atoms with E-state index in [2.05, 4.69) is 35.4 Å². The SMILES string of the molecule is CC(C)C1CNCCN1Cc1cccc2c1CN(C1CCC(=O)NC1=O)C2=O. The molecule has 0 aromatic heterocycles. The third kappa shape index (κ3) is 3.44. The van der Waals surface area contributed by atoms with Crippen molar-refractivity contribution in [3.8, 4) is 0 Å². The molecule has 0 aliphatic carbocycles. The fourth-order valence-corrected chi connectivity index (χ4v) is 4.64. The molecule has 2 atom stereocenters. The van der Waals surface area contributed by atoms with E-state index in [4.69, 9.17) is 0 Å². The Labute approximate surface area is 165 Å². The minimum absolute atomic E-state index is 0.105. The lowest BCUT2D eigenvalue weighted by Crippen LogP contribution is -2.53. The number of piperidine rings is 1. The summed E-state index contributed by atoms with van der Waals surface area (Å²) in [5, 5.41) is 5.84. The van der Waals surface area contributed by atoms with Crippen LogP contribution in [0.3, 0.4) is 0 Å². The van der Waals surface area contributed by atoms with Gasteiger partial charge in [0.05, 0.1) is 0 Å². The highest BCUT2D eigenvalue weighted by atomic mass is 16.2. The van der Waals surface area contributed by atoms with Crippen LogP contribution in [0.4, 0.5) is 0 Å². The maximum absolute atomic E-state index is 13.0. The van der Waals surface area contributed by atoms with Gasteiger partial charge in [0.15, 0.2) is 0 Å². The average molecular weight is 384 g/mol. The molecule has 7 heteroatoms. The Morgan fingerprint density at radius 1 is 1.21 bits per heavy atom. The second kappa shape index (κ2) is 7.64. The summed E-state index contributed by atoms with van der Waals surface area (Å²) in [5.74, 6) is -0.177. The number of nitrogens with zero attached hydrogens (tertiary/aromatic N) is 2. The van der Waals surface area contributed by atoms with E-state index in [1.165, 1.54) is 0 Å². The lowest BCUT2D eigenvalue weighted by molar-refractivity contribution is -0.136. The number of hydrogen-bond acceptors (Lipinski definition) is 5. The summed E-state index contributed by atoms with van der Waals surface area (Å²) < 4.78 is 0. The first kappa shape index (κ1) is 19.1. The summed E-state index contributed by atoms with van der Waals surface area (Å²) in [6, 6.07) is 5.79. The Kier molecular flexibility index (Phi) is 5.21. The Hall–Kier alpha value is -2.25. The minimum Gasteiger partial charge on any atom is -0.322 e. The van der Waals surface area contributed by atoms with Gasteiger partial charge in [0.2, 0.25) is 11.8 Å². The molecule has 0 saturated carbocycles. The third-order valence-electron chi connectivity index (χ3n) is 6.22. The molecular formula is C21H28N4O3. The zero-order valence-corrected chi connectivity index (χ0v) is 16.5. The number of amides is 3. The van der Waals surface area contributed by atoms with Gasteiger partial charge in [-0.3, -0.25) is 24.6 Å². The van der Waals surface area contributed by atoms with Gasteiger partial charge in [-0.1, -0.05) is 26.0 Å². The number of nitrogens with one attached hydrogen (secondary N) is 2. The van der Waals surface area contributed by atoms with E-state index in [-0.39, 0.29) is 24.1 Å². The highest BCUT2D eigenvalue weighted by Gasteiger charge is 2.40. The van der Waals surface area contributed by atoms with Gasteiger partial charge in [-0.05, 0) is 29.5 Å². The number of fused-ring (bicyclic) bond motifs is 1. The fourth-order valence-electron chi connectivity index (χ4n) is 4.64. The molecule has 3 amide bonds. The van der Waals surface area contributed by atoms with Gasteiger partial charge in [-0.2, -0.15) is 0 Å². The quantitative estimate of drug-likeness (QED) is 0.753. The van der Waals surface area contributed by atoms with Crippen LogP contribution < -0.4 is 10.6 Å². The maximum atomic E-state index is 13.0. The number of hydrogen-bond donors (Lipinski definition) is 2. The summed E-state index contributed by atoms with van der Waals surface area (Å²) in [6.07, 6.45) is 0.674. The number of imide groups is 1. The Morgan fingerprint density at radius 2 is 2.04 bits per heavy atom. The van der Waals surface area contributed by atoms with E-state index in [9.17, 15) is 14.4 Å². The van der Waals surface area contributed by atoms with Crippen LogP contribution >= 0.6 is 0 Å². The minimum atomic E-state index is -0.562. The van der Waals surface area contributed by atoms with Gasteiger partial charge < -0.3 is 10.2 Å². The first-order valence-electron chi connectivity index (χ1n) is 10.2. The highest BCUT2D eigenvalue weighted by molar-refractivity contribution is 6.05. The molecule has 2 unspecified atom stereocenters. The van der Waals surface area contributed by atoms with Crippen molar-refractivity contribution in [1.29, 1.82) is 0 Å². The van der Waals surface area contributed by atoms with Crippen LogP contribution in [0.1, 0.15) is 48.2 Å². The molecule has 3 aliphatic rings. The van der Waals surface area contributed by atoms with Crippen molar-refractivity contribution in [3.63, 3.8) is 0 Å². The van der Waals surface area contributed by atoms with Crippen molar-refractivity contribution in [2.24, 2.45) is 5.92 Å². The lowest BCUT2D eigenvalue weighted by Gasteiger charge is -2.39. The van der Waals surface area contributed by atoms with Crippen LogP contribution in [-0.2, 0) is 22.7 Å². The van der Waals surface area contributed by atoms with Crippen LogP contribution in [0.2, 0.25) is 0 Å².